The quantitative estimate of drug-likeness (QED) is 0.803. The number of aromatic nitrogens is 2. The number of fused-ring (bicyclic) bond motifs is 1. The van der Waals surface area contributed by atoms with E-state index in [0.29, 0.717) is 6.42 Å². The molecule has 1 N–H and O–H groups in total. The first-order valence-corrected chi connectivity index (χ1v) is 7.03. The Morgan fingerprint density at radius 2 is 2.15 bits per heavy atom. The van der Waals surface area contributed by atoms with Crippen molar-refractivity contribution in [1.82, 2.24) is 9.38 Å². The second-order valence-electron chi connectivity index (χ2n) is 4.60. The van der Waals surface area contributed by atoms with Gasteiger partial charge in [0.1, 0.15) is 0 Å². The number of halogens is 2. The van der Waals surface area contributed by atoms with Gasteiger partial charge in [-0.3, -0.25) is 4.40 Å². The fraction of sp³-hybridized carbons (Fsp3) is 0.214. The summed E-state index contributed by atoms with van der Waals surface area (Å²) in [4.78, 5) is 5.20. The Kier molecular flexibility index (Phi) is 3.50. The Morgan fingerprint density at radius 3 is 2.95 bits per heavy atom. The summed E-state index contributed by atoms with van der Waals surface area (Å²) in [5, 5.41) is 11.9. The minimum absolute atomic E-state index is 0.0643. The van der Waals surface area contributed by atoms with Gasteiger partial charge < -0.3 is 5.11 Å². The number of hydrogen-bond acceptors (Lipinski definition) is 3. The summed E-state index contributed by atoms with van der Waals surface area (Å²) < 4.78 is 28.5. The fourth-order valence-electron chi connectivity index (χ4n) is 2.15. The molecule has 0 fully saturated rings. The lowest BCUT2D eigenvalue weighted by molar-refractivity contribution is 0.173. The highest BCUT2D eigenvalue weighted by atomic mass is 32.1. The number of aliphatic hydroxyl groups is 1. The van der Waals surface area contributed by atoms with Crippen molar-refractivity contribution in [3.8, 4) is 0 Å². The van der Waals surface area contributed by atoms with E-state index in [4.69, 9.17) is 0 Å². The molecule has 6 heteroatoms. The summed E-state index contributed by atoms with van der Waals surface area (Å²) in [6.45, 7) is 0. The van der Waals surface area contributed by atoms with Gasteiger partial charge in [-0.1, -0.05) is 12.1 Å². The molecule has 1 aromatic carbocycles. The third kappa shape index (κ3) is 2.57. The van der Waals surface area contributed by atoms with Gasteiger partial charge >= 0.3 is 0 Å². The number of hydrogen-bond donors (Lipinski definition) is 1. The molecule has 0 amide bonds. The van der Waals surface area contributed by atoms with Crippen LogP contribution in [0.5, 0.6) is 0 Å². The van der Waals surface area contributed by atoms with Crippen LogP contribution >= 0.6 is 11.3 Å². The second kappa shape index (κ2) is 5.30. The summed E-state index contributed by atoms with van der Waals surface area (Å²) in [5.41, 5.74) is 0.916. The average molecular weight is 294 g/mol. The highest BCUT2D eigenvalue weighted by molar-refractivity contribution is 7.15. The van der Waals surface area contributed by atoms with Gasteiger partial charge in [0, 0.05) is 30.6 Å². The maximum Gasteiger partial charge on any atom is 0.193 e. The number of thiazole rings is 1. The molecule has 3 nitrogen and oxygen atoms in total. The first-order valence-electron chi connectivity index (χ1n) is 6.15. The lowest BCUT2D eigenvalue weighted by Gasteiger charge is -2.10. The summed E-state index contributed by atoms with van der Waals surface area (Å²) >= 11 is 1.50. The van der Waals surface area contributed by atoms with Crippen LogP contribution < -0.4 is 0 Å². The fourth-order valence-corrected chi connectivity index (χ4v) is 2.87. The van der Waals surface area contributed by atoms with E-state index in [1.165, 1.54) is 23.5 Å². The van der Waals surface area contributed by atoms with E-state index < -0.39 is 17.7 Å². The summed E-state index contributed by atoms with van der Waals surface area (Å²) in [6, 6.07) is 3.98. The lowest BCUT2D eigenvalue weighted by atomic mass is 10.0. The number of benzene rings is 1. The van der Waals surface area contributed by atoms with Gasteiger partial charge in [-0.2, -0.15) is 0 Å². The minimum Gasteiger partial charge on any atom is -0.392 e. The van der Waals surface area contributed by atoms with E-state index in [1.807, 2.05) is 22.2 Å². The summed E-state index contributed by atoms with van der Waals surface area (Å²) in [7, 11) is 0. The van der Waals surface area contributed by atoms with Crippen molar-refractivity contribution in [2.45, 2.75) is 18.9 Å². The minimum atomic E-state index is -0.891. The average Bonchev–Trinajstić information content (AvgIpc) is 2.95. The van der Waals surface area contributed by atoms with E-state index in [2.05, 4.69) is 4.98 Å². The van der Waals surface area contributed by atoms with Gasteiger partial charge in [0.15, 0.2) is 16.6 Å². The largest absolute Gasteiger partial charge is 0.392 e. The van der Waals surface area contributed by atoms with Gasteiger partial charge in [-0.25, -0.2) is 13.8 Å². The lowest BCUT2D eigenvalue weighted by Crippen LogP contribution is -2.15. The molecule has 2 aromatic heterocycles. The monoisotopic (exact) mass is 294 g/mol. The molecule has 0 saturated heterocycles. The van der Waals surface area contributed by atoms with Crippen molar-refractivity contribution in [1.29, 1.82) is 0 Å². The van der Waals surface area contributed by atoms with Crippen molar-refractivity contribution in [2.24, 2.45) is 0 Å². The van der Waals surface area contributed by atoms with E-state index in [1.54, 1.807) is 0 Å². The van der Waals surface area contributed by atoms with Crippen LogP contribution in [0.15, 0.2) is 36.0 Å². The molecule has 0 saturated carbocycles. The molecule has 0 aliphatic carbocycles. The topological polar surface area (TPSA) is 37.5 Å². The Balaban J connectivity index is 1.71. The van der Waals surface area contributed by atoms with Gasteiger partial charge in [-0.05, 0) is 11.6 Å². The number of imidazole rings is 1. The van der Waals surface area contributed by atoms with E-state index in [9.17, 15) is 13.9 Å². The van der Waals surface area contributed by atoms with Gasteiger partial charge in [0.05, 0.1) is 11.8 Å². The number of aliphatic hydroxyl groups excluding tert-OH is 1. The van der Waals surface area contributed by atoms with Gasteiger partial charge in [0.25, 0.3) is 0 Å². The Hall–Kier alpha value is -1.79. The number of rotatable bonds is 4. The van der Waals surface area contributed by atoms with Crippen LogP contribution in [0.1, 0.15) is 11.3 Å². The SMILES string of the molecule is OC(Cc1cn2ccsc2n1)Cc1cccc(F)c1F. The van der Waals surface area contributed by atoms with E-state index in [-0.39, 0.29) is 12.0 Å². The zero-order valence-electron chi connectivity index (χ0n) is 10.5. The van der Waals surface area contributed by atoms with Crippen molar-refractivity contribution in [2.75, 3.05) is 0 Å². The Labute approximate surface area is 118 Å². The van der Waals surface area contributed by atoms with Crippen LogP contribution in [0.25, 0.3) is 4.96 Å². The third-order valence-corrected chi connectivity index (χ3v) is 3.85. The molecule has 1 atom stereocenters. The summed E-state index contributed by atoms with van der Waals surface area (Å²) in [5.74, 6) is -1.78. The molecule has 0 spiro atoms. The Bertz CT molecular complexity index is 709. The van der Waals surface area contributed by atoms with E-state index >= 15 is 0 Å². The molecule has 104 valence electrons. The highest BCUT2D eigenvalue weighted by Crippen LogP contribution is 2.16. The highest BCUT2D eigenvalue weighted by Gasteiger charge is 2.14. The molecule has 1 unspecified atom stereocenters. The van der Waals surface area contributed by atoms with E-state index in [0.717, 1.165) is 16.7 Å². The maximum atomic E-state index is 13.5. The normalized spacial score (nSPS) is 12.9. The maximum absolute atomic E-state index is 13.5. The predicted molar refractivity (Wildman–Crippen MR) is 72.8 cm³/mol. The molecular weight excluding hydrogens is 282 g/mol. The predicted octanol–water partition coefficient (Wildman–Crippen LogP) is 2.82. The van der Waals surface area contributed by atoms with Crippen LogP contribution in [0.4, 0.5) is 8.78 Å². The molecule has 0 bridgehead atoms. The molecule has 0 radical (unpaired) electrons. The Morgan fingerprint density at radius 1 is 1.30 bits per heavy atom. The first kappa shape index (κ1) is 13.2. The van der Waals surface area contributed by atoms with Crippen LogP contribution in [0, 0.1) is 11.6 Å². The molecule has 2 heterocycles. The zero-order valence-corrected chi connectivity index (χ0v) is 11.3. The van der Waals surface area contributed by atoms with Crippen LogP contribution in [0.3, 0.4) is 0 Å². The molecule has 20 heavy (non-hydrogen) atoms. The second-order valence-corrected chi connectivity index (χ2v) is 5.47. The van der Waals surface area contributed by atoms with Crippen molar-refractivity contribution < 1.29 is 13.9 Å². The van der Waals surface area contributed by atoms with Crippen molar-refractivity contribution in [3.05, 3.63) is 58.9 Å². The molecule has 0 aliphatic rings. The molecule has 0 aliphatic heterocycles. The standard InChI is InChI=1S/C14H12F2N2OS/c15-12-3-1-2-9(13(12)16)6-11(19)7-10-8-18-4-5-20-14(18)17-10/h1-5,8,11,19H,6-7H2. The van der Waals surface area contributed by atoms with Crippen LogP contribution in [-0.2, 0) is 12.8 Å². The molecule has 3 aromatic rings. The first-order chi connectivity index (χ1) is 9.63. The number of nitrogens with zero attached hydrogens (tertiary/aromatic N) is 2. The zero-order chi connectivity index (χ0) is 14.1. The van der Waals surface area contributed by atoms with Crippen LogP contribution in [-0.4, -0.2) is 20.6 Å². The van der Waals surface area contributed by atoms with Gasteiger partial charge in [-0.15, -0.1) is 11.3 Å². The van der Waals surface area contributed by atoms with Crippen molar-refractivity contribution >= 4 is 16.3 Å². The molecule has 3 rings (SSSR count). The summed E-state index contributed by atoms with van der Waals surface area (Å²) in [6.07, 6.45) is 3.29. The van der Waals surface area contributed by atoms with Crippen LogP contribution in [0.2, 0.25) is 0 Å². The van der Waals surface area contributed by atoms with Crippen molar-refractivity contribution in [3.63, 3.8) is 0 Å². The molecular formula is C14H12F2N2OS. The smallest absolute Gasteiger partial charge is 0.193 e. The van der Waals surface area contributed by atoms with Gasteiger partial charge in [0.2, 0.25) is 0 Å². The third-order valence-electron chi connectivity index (χ3n) is 3.08.